The molecule has 2 nitrogen and oxygen atoms in total. The van der Waals surface area contributed by atoms with Crippen molar-refractivity contribution in [1.82, 2.24) is 5.32 Å². The Bertz CT molecular complexity index is 136. The first-order chi connectivity index (χ1) is 4.99. The van der Waals surface area contributed by atoms with E-state index in [9.17, 15) is 4.39 Å². The summed E-state index contributed by atoms with van der Waals surface area (Å²) >= 11 is 0. The largest absolute Gasteiger partial charge is 0.343 e. The lowest BCUT2D eigenvalue weighted by Crippen LogP contribution is -2.39. The van der Waals surface area contributed by atoms with E-state index in [4.69, 9.17) is 0 Å². The Morgan fingerprint density at radius 1 is 1.45 bits per heavy atom. The summed E-state index contributed by atoms with van der Waals surface area (Å²) < 4.78 is 13.0. The van der Waals surface area contributed by atoms with Crippen LogP contribution in [0, 0.1) is 0 Å². The molecule has 0 fully saturated rings. The number of hydrogen-bond acceptors (Lipinski definition) is 1. The van der Waals surface area contributed by atoms with E-state index in [1.165, 1.54) is 13.8 Å². The minimum atomic E-state index is -1.36. The molecule has 0 spiro atoms. The normalized spacial score (nSPS) is 13.4. The van der Waals surface area contributed by atoms with Gasteiger partial charge in [-0.15, -0.1) is 0 Å². The molecule has 0 saturated carbocycles. The summed E-state index contributed by atoms with van der Waals surface area (Å²) in [6.45, 7) is 7.55. The maximum absolute atomic E-state index is 13.0. The molecule has 0 unspecified atom stereocenters. The molecule has 0 aliphatic heterocycles. The van der Waals surface area contributed by atoms with Crippen LogP contribution in [-0.4, -0.2) is 18.2 Å². The van der Waals surface area contributed by atoms with Crippen LogP contribution in [0.5, 0.6) is 0 Å². The van der Waals surface area contributed by atoms with E-state index >= 15 is 0 Å². The fourth-order valence-corrected chi connectivity index (χ4v) is 0.774. The fraction of sp³-hybridized carbons (Fsp3) is 0.875. The second-order valence-electron chi connectivity index (χ2n) is 2.87. The zero-order chi connectivity index (χ0) is 8.91. The summed E-state index contributed by atoms with van der Waals surface area (Å²) in [5.74, 6) is -0.621. The standard InChI is InChI=1S/C8H17FN2/c1-5-7(10-6-2)11-8(3,4)9/h5-6H2,1-4H3,(H,10,11). The third-order valence-corrected chi connectivity index (χ3v) is 1.13. The van der Waals surface area contributed by atoms with Crippen molar-refractivity contribution < 1.29 is 4.39 Å². The average Bonchev–Trinajstić information content (AvgIpc) is 1.84. The molecule has 0 aromatic carbocycles. The van der Waals surface area contributed by atoms with E-state index in [0.29, 0.717) is 6.54 Å². The van der Waals surface area contributed by atoms with Crippen molar-refractivity contribution in [3.8, 4) is 0 Å². The number of amidine groups is 1. The minimum absolute atomic E-state index is 0.701. The summed E-state index contributed by atoms with van der Waals surface area (Å²) in [5, 5.41) is 2.69. The Balaban J connectivity index is 3.99. The molecule has 0 saturated heterocycles. The van der Waals surface area contributed by atoms with Gasteiger partial charge in [0.25, 0.3) is 0 Å². The number of rotatable bonds is 3. The van der Waals surface area contributed by atoms with Gasteiger partial charge in [-0.05, 0) is 20.8 Å². The van der Waals surface area contributed by atoms with Gasteiger partial charge in [0, 0.05) is 13.0 Å². The second kappa shape index (κ2) is 4.31. The highest BCUT2D eigenvalue weighted by molar-refractivity contribution is 5.82. The molecule has 66 valence electrons. The van der Waals surface area contributed by atoms with Crippen LogP contribution in [0.2, 0.25) is 0 Å². The van der Waals surface area contributed by atoms with Crippen LogP contribution < -0.4 is 5.32 Å². The maximum atomic E-state index is 13.0. The van der Waals surface area contributed by atoms with Gasteiger partial charge in [0.2, 0.25) is 0 Å². The van der Waals surface area contributed by atoms with E-state index in [2.05, 4.69) is 10.3 Å². The molecular weight excluding hydrogens is 143 g/mol. The van der Waals surface area contributed by atoms with Crippen molar-refractivity contribution in [2.45, 2.75) is 39.9 Å². The van der Waals surface area contributed by atoms with Crippen LogP contribution in [-0.2, 0) is 0 Å². The topological polar surface area (TPSA) is 24.4 Å². The molecular formula is C8H17FN2. The minimum Gasteiger partial charge on any atom is -0.343 e. The predicted octanol–water partition coefficient (Wildman–Crippen LogP) is 2.11. The molecule has 0 aliphatic carbocycles. The van der Waals surface area contributed by atoms with Gasteiger partial charge in [-0.1, -0.05) is 6.92 Å². The van der Waals surface area contributed by atoms with Gasteiger partial charge < -0.3 is 5.32 Å². The Labute approximate surface area is 67.9 Å². The summed E-state index contributed by atoms with van der Waals surface area (Å²) in [5.41, 5.74) is 0. The van der Waals surface area contributed by atoms with E-state index in [1.807, 2.05) is 13.8 Å². The molecule has 0 rings (SSSR count). The first kappa shape index (κ1) is 10.4. The SMILES string of the molecule is CCN=C(CC)NC(C)(C)F. The van der Waals surface area contributed by atoms with Crippen LogP contribution in [0.15, 0.2) is 4.99 Å². The predicted molar refractivity (Wildman–Crippen MR) is 46.6 cm³/mol. The van der Waals surface area contributed by atoms with Crippen molar-refractivity contribution >= 4 is 5.84 Å². The van der Waals surface area contributed by atoms with Gasteiger partial charge in [-0.3, -0.25) is 4.99 Å². The molecule has 0 aromatic rings. The van der Waals surface area contributed by atoms with Gasteiger partial charge >= 0.3 is 0 Å². The first-order valence-electron chi connectivity index (χ1n) is 4.00. The Kier molecular flexibility index (Phi) is 4.08. The lowest BCUT2D eigenvalue weighted by atomic mass is 10.3. The smallest absolute Gasteiger partial charge is 0.175 e. The van der Waals surface area contributed by atoms with E-state index in [-0.39, 0.29) is 0 Å². The number of alkyl halides is 1. The quantitative estimate of drug-likeness (QED) is 0.381. The Morgan fingerprint density at radius 2 is 2.00 bits per heavy atom. The van der Waals surface area contributed by atoms with Crippen molar-refractivity contribution in [2.75, 3.05) is 6.54 Å². The van der Waals surface area contributed by atoms with Gasteiger partial charge in [0.15, 0.2) is 5.79 Å². The average molecular weight is 160 g/mol. The summed E-state index contributed by atoms with van der Waals surface area (Å²) in [6, 6.07) is 0. The van der Waals surface area contributed by atoms with Gasteiger partial charge in [0.05, 0.1) is 5.84 Å². The van der Waals surface area contributed by atoms with Crippen LogP contribution in [0.25, 0.3) is 0 Å². The lowest BCUT2D eigenvalue weighted by molar-refractivity contribution is 0.195. The molecule has 0 radical (unpaired) electrons. The molecule has 3 heteroatoms. The van der Waals surface area contributed by atoms with E-state index in [1.54, 1.807) is 0 Å². The highest BCUT2D eigenvalue weighted by Crippen LogP contribution is 2.03. The Morgan fingerprint density at radius 3 is 2.27 bits per heavy atom. The number of aliphatic imine (C=N–C) groups is 1. The monoisotopic (exact) mass is 160 g/mol. The maximum Gasteiger partial charge on any atom is 0.175 e. The van der Waals surface area contributed by atoms with Gasteiger partial charge in [-0.2, -0.15) is 0 Å². The zero-order valence-electron chi connectivity index (χ0n) is 7.74. The molecule has 0 aliphatic rings. The molecule has 11 heavy (non-hydrogen) atoms. The highest BCUT2D eigenvalue weighted by atomic mass is 19.1. The first-order valence-corrected chi connectivity index (χ1v) is 4.00. The molecule has 0 aromatic heterocycles. The third-order valence-electron chi connectivity index (χ3n) is 1.13. The molecule has 0 atom stereocenters. The number of halogens is 1. The Hall–Kier alpha value is -0.600. The van der Waals surface area contributed by atoms with Crippen molar-refractivity contribution in [3.05, 3.63) is 0 Å². The summed E-state index contributed by atoms with van der Waals surface area (Å²) in [7, 11) is 0. The van der Waals surface area contributed by atoms with E-state index in [0.717, 1.165) is 12.3 Å². The van der Waals surface area contributed by atoms with Crippen LogP contribution >= 0.6 is 0 Å². The van der Waals surface area contributed by atoms with Crippen molar-refractivity contribution in [2.24, 2.45) is 4.99 Å². The molecule has 1 N–H and O–H groups in total. The van der Waals surface area contributed by atoms with Crippen LogP contribution in [0.3, 0.4) is 0 Å². The molecule has 0 amide bonds. The molecule has 0 heterocycles. The fourth-order valence-electron chi connectivity index (χ4n) is 0.774. The number of hydrogen-bond donors (Lipinski definition) is 1. The number of nitrogens with zero attached hydrogens (tertiary/aromatic N) is 1. The number of nitrogens with one attached hydrogen (secondary N) is 1. The van der Waals surface area contributed by atoms with E-state index < -0.39 is 5.79 Å². The second-order valence-corrected chi connectivity index (χ2v) is 2.87. The lowest BCUT2D eigenvalue weighted by Gasteiger charge is -2.18. The van der Waals surface area contributed by atoms with Crippen molar-refractivity contribution in [1.29, 1.82) is 0 Å². The van der Waals surface area contributed by atoms with Crippen LogP contribution in [0.4, 0.5) is 4.39 Å². The molecule has 0 bridgehead atoms. The summed E-state index contributed by atoms with van der Waals surface area (Å²) in [4.78, 5) is 4.09. The van der Waals surface area contributed by atoms with Crippen LogP contribution in [0.1, 0.15) is 34.1 Å². The van der Waals surface area contributed by atoms with Gasteiger partial charge in [-0.25, -0.2) is 4.39 Å². The van der Waals surface area contributed by atoms with Crippen molar-refractivity contribution in [3.63, 3.8) is 0 Å². The summed E-state index contributed by atoms with van der Waals surface area (Å²) in [6.07, 6.45) is 0.751. The highest BCUT2D eigenvalue weighted by Gasteiger charge is 2.15. The third kappa shape index (κ3) is 5.83. The zero-order valence-corrected chi connectivity index (χ0v) is 7.74. The van der Waals surface area contributed by atoms with Gasteiger partial charge in [0.1, 0.15) is 0 Å².